The standard InChI is InChI=1S/C8H18N4O2S.HI/c1-12(2)15(13,14)6-5-10-8(9)11-7-3-4-7;/h7H,3-6H2,1-2H3,(H3,9,10,11);1H. The van der Waals surface area contributed by atoms with Crippen molar-refractivity contribution in [3.05, 3.63) is 0 Å². The van der Waals surface area contributed by atoms with Crippen LogP contribution in [0.25, 0.3) is 0 Å². The van der Waals surface area contributed by atoms with E-state index in [1.807, 2.05) is 0 Å². The molecule has 0 amide bonds. The van der Waals surface area contributed by atoms with Crippen molar-refractivity contribution in [2.45, 2.75) is 18.9 Å². The van der Waals surface area contributed by atoms with Gasteiger partial charge in [0.1, 0.15) is 0 Å². The largest absolute Gasteiger partial charge is 0.370 e. The van der Waals surface area contributed by atoms with Gasteiger partial charge in [-0.15, -0.1) is 24.0 Å². The molecule has 6 nitrogen and oxygen atoms in total. The highest BCUT2D eigenvalue weighted by Gasteiger charge is 2.21. The predicted molar refractivity (Wildman–Crippen MR) is 75.5 cm³/mol. The fraction of sp³-hybridized carbons (Fsp3) is 0.875. The molecule has 0 bridgehead atoms. The number of hydrogen-bond acceptors (Lipinski definition) is 3. The molecule has 0 atom stereocenters. The maximum Gasteiger partial charge on any atom is 0.215 e. The molecule has 0 aliphatic heterocycles. The third-order valence-corrected chi connectivity index (χ3v) is 3.93. The van der Waals surface area contributed by atoms with Crippen molar-refractivity contribution in [2.24, 2.45) is 10.7 Å². The van der Waals surface area contributed by atoms with E-state index >= 15 is 0 Å². The highest BCUT2D eigenvalue weighted by atomic mass is 127. The minimum Gasteiger partial charge on any atom is -0.370 e. The summed E-state index contributed by atoms with van der Waals surface area (Å²) in [6, 6.07) is 0.444. The molecule has 0 aromatic heterocycles. The smallest absolute Gasteiger partial charge is 0.215 e. The van der Waals surface area contributed by atoms with Crippen molar-refractivity contribution >= 4 is 40.0 Å². The van der Waals surface area contributed by atoms with E-state index in [1.54, 1.807) is 0 Å². The maximum atomic E-state index is 11.3. The van der Waals surface area contributed by atoms with Crippen LogP contribution in [0.5, 0.6) is 0 Å². The Morgan fingerprint density at radius 1 is 1.50 bits per heavy atom. The van der Waals surface area contributed by atoms with Gasteiger partial charge in [-0.3, -0.25) is 4.99 Å². The van der Waals surface area contributed by atoms with Gasteiger partial charge in [0.05, 0.1) is 12.3 Å². The Morgan fingerprint density at radius 3 is 2.50 bits per heavy atom. The van der Waals surface area contributed by atoms with Gasteiger partial charge in [-0.05, 0) is 12.8 Å². The fourth-order valence-electron chi connectivity index (χ4n) is 0.946. The average molecular weight is 362 g/mol. The molecule has 1 rings (SSSR count). The van der Waals surface area contributed by atoms with Gasteiger partial charge in [0.25, 0.3) is 0 Å². The van der Waals surface area contributed by atoms with Crippen LogP contribution in [0.4, 0.5) is 0 Å². The summed E-state index contributed by atoms with van der Waals surface area (Å²) in [5, 5.41) is 2.99. The zero-order valence-electron chi connectivity index (χ0n) is 9.51. The first-order valence-electron chi connectivity index (χ1n) is 4.88. The lowest BCUT2D eigenvalue weighted by molar-refractivity contribution is 0.521. The molecular weight excluding hydrogens is 343 g/mol. The van der Waals surface area contributed by atoms with Crippen molar-refractivity contribution in [2.75, 3.05) is 26.4 Å². The van der Waals surface area contributed by atoms with Crippen LogP contribution in [0.15, 0.2) is 4.99 Å². The molecule has 0 aromatic carbocycles. The molecule has 0 heterocycles. The van der Waals surface area contributed by atoms with Crippen LogP contribution in [0.3, 0.4) is 0 Å². The van der Waals surface area contributed by atoms with Crippen LogP contribution in [-0.2, 0) is 10.0 Å². The van der Waals surface area contributed by atoms with Gasteiger partial charge in [0.2, 0.25) is 10.0 Å². The van der Waals surface area contributed by atoms with E-state index in [2.05, 4.69) is 10.3 Å². The van der Waals surface area contributed by atoms with Gasteiger partial charge in [0, 0.05) is 20.1 Å². The molecule has 0 spiro atoms. The maximum absolute atomic E-state index is 11.3. The van der Waals surface area contributed by atoms with Crippen LogP contribution < -0.4 is 11.1 Å². The molecule has 1 saturated carbocycles. The molecule has 0 saturated heterocycles. The van der Waals surface area contributed by atoms with Crippen LogP contribution in [-0.4, -0.2) is 51.1 Å². The number of halogens is 1. The number of hydrogen-bond donors (Lipinski definition) is 2. The minimum absolute atomic E-state index is 0. The first-order valence-corrected chi connectivity index (χ1v) is 6.49. The summed E-state index contributed by atoms with van der Waals surface area (Å²) in [4.78, 5) is 3.95. The Morgan fingerprint density at radius 2 is 2.06 bits per heavy atom. The highest BCUT2D eigenvalue weighted by Crippen LogP contribution is 2.17. The zero-order chi connectivity index (χ0) is 11.5. The fourth-order valence-corrected chi connectivity index (χ4v) is 1.63. The topological polar surface area (TPSA) is 87.8 Å². The van der Waals surface area contributed by atoms with Crippen molar-refractivity contribution in [3.8, 4) is 0 Å². The molecule has 0 unspecified atom stereocenters. The number of sulfonamides is 1. The summed E-state index contributed by atoms with van der Waals surface area (Å²) >= 11 is 0. The lowest BCUT2D eigenvalue weighted by Gasteiger charge is -2.09. The minimum atomic E-state index is -3.16. The average Bonchev–Trinajstić information content (AvgIpc) is 2.87. The Labute approximate surface area is 114 Å². The van der Waals surface area contributed by atoms with E-state index < -0.39 is 10.0 Å². The van der Waals surface area contributed by atoms with Crippen molar-refractivity contribution < 1.29 is 8.42 Å². The molecule has 0 radical (unpaired) electrons. The lowest BCUT2D eigenvalue weighted by Crippen LogP contribution is -2.34. The molecule has 1 aliphatic rings. The highest BCUT2D eigenvalue weighted by molar-refractivity contribution is 14.0. The summed E-state index contributed by atoms with van der Waals surface area (Å²) in [6.07, 6.45) is 2.23. The van der Waals surface area contributed by atoms with E-state index in [4.69, 9.17) is 5.73 Å². The molecule has 0 aromatic rings. The van der Waals surface area contributed by atoms with Crippen molar-refractivity contribution in [3.63, 3.8) is 0 Å². The van der Waals surface area contributed by atoms with Crippen LogP contribution in [0, 0.1) is 0 Å². The van der Waals surface area contributed by atoms with E-state index in [-0.39, 0.29) is 36.3 Å². The second-order valence-corrected chi connectivity index (χ2v) is 6.09. The van der Waals surface area contributed by atoms with Crippen LogP contribution >= 0.6 is 24.0 Å². The summed E-state index contributed by atoms with van der Waals surface area (Å²) in [5.41, 5.74) is 5.55. The number of guanidine groups is 1. The first kappa shape index (κ1) is 15.9. The second kappa shape index (κ2) is 6.60. The zero-order valence-corrected chi connectivity index (χ0v) is 12.7. The molecule has 1 aliphatic carbocycles. The Bertz CT molecular complexity index is 338. The van der Waals surface area contributed by atoms with Gasteiger partial charge in [-0.2, -0.15) is 0 Å². The van der Waals surface area contributed by atoms with Gasteiger partial charge in [-0.1, -0.05) is 0 Å². The number of nitrogens with one attached hydrogen (secondary N) is 1. The quantitative estimate of drug-likeness (QED) is 0.395. The normalized spacial score (nSPS) is 17.1. The van der Waals surface area contributed by atoms with E-state index in [1.165, 1.54) is 18.4 Å². The first-order chi connectivity index (χ1) is 6.92. The second-order valence-electron chi connectivity index (χ2n) is 3.78. The number of nitrogens with zero attached hydrogens (tertiary/aromatic N) is 2. The third-order valence-electron chi connectivity index (χ3n) is 2.12. The number of rotatable bonds is 5. The molecule has 3 N–H and O–H groups in total. The molecule has 16 heavy (non-hydrogen) atoms. The van der Waals surface area contributed by atoms with Crippen molar-refractivity contribution in [1.29, 1.82) is 0 Å². The molecular formula is C8H19IN4O2S. The number of nitrogens with two attached hydrogens (primary N) is 1. The van der Waals surface area contributed by atoms with Gasteiger partial charge in [0.15, 0.2) is 5.96 Å². The van der Waals surface area contributed by atoms with Crippen molar-refractivity contribution in [1.82, 2.24) is 9.62 Å². The van der Waals surface area contributed by atoms with E-state index in [0.29, 0.717) is 12.0 Å². The summed E-state index contributed by atoms with van der Waals surface area (Å²) < 4.78 is 23.9. The Hall–Kier alpha value is -0.0900. The van der Waals surface area contributed by atoms with E-state index in [9.17, 15) is 8.42 Å². The molecule has 1 fully saturated rings. The summed E-state index contributed by atoms with van der Waals surface area (Å²) in [7, 11) is -0.154. The van der Waals surface area contributed by atoms with Gasteiger partial charge in [-0.25, -0.2) is 12.7 Å². The summed E-state index contributed by atoms with van der Waals surface area (Å²) in [6.45, 7) is 0.200. The van der Waals surface area contributed by atoms with Gasteiger partial charge < -0.3 is 11.1 Å². The van der Waals surface area contributed by atoms with E-state index in [0.717, 1.165) is 12.8 Å². The van der Waals surface area contributed by atoms with Crippen LogP contribution in [0.2, 0.25) is 0 Å². The molecule has 8 heteroatoms. The SMILES string of the molecule is CN(C)S(=O)(=O)CCN=C(N)NC1CC1.I. The molecule has 96 valence electrons. The van der Waals surface area contributed by atoms with Gasteiger partial charge >= 0.3 is 0 Å². The predicted octanol–water partition coefficient (Wildman–Crippen LogP) is -0.437. The third kappa shape index (κ3) is 5.85. The Kier molecular flexibility index (Phi) is 6.56. The monoisotopic (exact) mass is 362 g/mol. The number of aliphatic imine (C=N–C) groups is 1. The lowest BCUT2D eigenvalue weighted by atomic mass is 10.7. The summed E-state index contributed by atoms with van der Waals surface area (Å²) in [5.74, 6) is 0.332. The Balaban J connectivity index is 0.00000225. The van der Waals surface area contributed by atoms with Crippen LogP contribution in [0.1, 0.15) is 12.8 Å².